The molecule has 0 aromatic heterocycles. The largest absolute Gasteiger partial charge is 0.488 e. The SMILES string of the molecule is CN(C)c1cccc(N(C)C)c1-c1cccc2c1[P@@](C(C)(C)C)CO2. The standard InChI is InChI=1S/C21H29N2OP/c1-21(2,3)25-14-24-18-13-8-10-15(20(18)25)19-16(22(4)5)11-9-12-17(19)23(6)7/h8-13H,14H2,1-7H3/t25-/m0/s1. The molecule has 1 atom stereocenters. The zero-order valence-electron chi connectivity index (χ0n) is 16.4. The van der Waals surface area contributed by atoms with Gasteiger partial charge in [-0.3, -0.25) is 0 Å². The molecule has 2 aromatic rings. The molecule has 0 N–H and O–H groups in total. The second-order valence-electron chi connectivity index (χ2n) is 7.98. The van der Waals surface area contributed by atoms with Crippen molar-refractivity contribution >= 4 is 24.6 Å². The quantitative estimate of drug-likeness (QED) is 0.739. The van der Waals surface area contributed by atoms with Gasteiger partial charge >= 0.3 is 0 Å². The molecular formula is C21H29N2OP. The topological polar surface area (TPSA) is 15.7 Å². The Bertz CT molecular complexity index is 752. The van der Waals surface area contributed by atoms with Crippen LogP contribution in [0.25, 0.3) is 11.1 Å². The van der Waals surface area contributed by atoms with Crippen molar-refractivity contribution in [1.29, 1.82) is 0 Å². The third-order valence-electron chi connectivity index (χ3n) is 4.68. The molecule has 3 nitrogen and oxygen atoms in total. The van der Waals surface area contributed by atoms with E-state index in [9.17, 15) is 0 Å². The zero-order valence-corrected chi connectivity index (χ0v) is 17.3. The van der Waals surface area contributed by atoms with Crippen LogP contribution in [0.2, 0.25) is 0 Å². The van der Waals surface area contributed by atoms with Gasteiger partial charge in [-0.05, 0) is 36.8 Å². The van der Waals surface area contributed by atoms with Crippen LogP contribution in [0, 0.1) is 0 Å². The minimum atomic E-state index is -0.369. The number of fused-ring (bicyclic) bond motifs is 1. The summed E-state index contributed by atoms with van der Waals surface area (Å²) in [6.07, 6.45) is 0.826. The summed E-state index contributed by atoms with van der Waals surface area (Å²) in [7, 11) is 8.09. The van der Waals surface area contributed by atoms with Gasteiger partial charge in [0.05, 0.1) is 0 Å². The molecule has 0 radical (unpaired) electrons. The Morgan fingerprint density at radius 1 is 0.880 bits per heavy atom. The second kappa shape index (κ2) is 6.53. The van der Waals surface area contributed by atoms with E-state index in [1.54, 1.807) is 0 Å². The Morgan fingerprint density at radius 3 is 1.96 bits per heavy atom. The van der Waals surface area contributed by atoms with Gasteiger partial charge in [0.1, 0.15) is 12.1 Å². The van der Waals surface area contributed by atoms with Crippen LogP contribution in [-0.4, -0.2) is 39.7 Å². The van der Waals surface area contributed by atoms with Gasteiger partial charge in [0.2, 0.25) is 0 Å². The number of hydrogen-bond acceptors (Lipinski definition) is 3. The van der Waals surface area contributed by atoms with Crippen molar-refractivity contribution < 1.29 is 4.74 Å². The molecule has 0 bridgehead atoms. The van der Waals surface area contributed by atoms with Gasteiger partial charge < -0.3 is 14.5 Å². The summed E-state index contributed by atoms with van der Waals surface area (Å²) in [4.78, 5) is 4.41. The molecule has 4 heteroatoms. The highest BCUT2D eigenvalue weighted by Gasteiger charge is 2.36. The summed E-state index contributed by atoms with van der Waals surface area (Å²) in [6.45, 7) is 7.00. The van der Waals surface area contributed by atoms with Crippen LogP contribution in [0.3, 0.4) is 0 Å². The lowest BCUT2D eigenvalue weighted by atomic mass is 9.99. The monoisotopic (exact) mass is 356 g/mol. The van der Waals surface area contributed by atoms with Gasteiger partial charge in [0.15, 0.2) is 0 Å². The van der Waals surface area contributed by atoms with Gasteiger partial charge in [0, 0.05) is 50.4 Å². The average Bonchev–Trinajstić information content (AvgIpc) is 2.98. The summed E-state index contributed by atoms with van der Waals surface area (Å²) in [5.74, 6) is 1.07. The lowest BCUT2D eigenvalue weighted by Gasteiger charge is -2.30. The number of nitrogens with zero attached hydrogens (tertiary/aromatic N) is 2. The Hall–Kier alpha value is -1.73. The van der Waals surface area contributed by atoms with Crippen LogP contribution in [0.1, 0.15) is 20.8 Å². The predicted molar refractivity (Wildman–Crippen MR) is 112 cm³/mol. The maximum Gasteiger partial charge on any atom is 0.128 e. The van der Waals surface area contributed by atoms with Gasteiger partial charge in [0.25, 0.3) is 0 Å². The van der Waals surface area contributed by atoms with E-state index in [0.29, 0.717) is 0 Å². The Balaban J connectivity index is 2.31. The molecule has 0 saturated heterocycles. The molecule has 1 aliphatic rings. The van der Waals surface area contributed by atoms with E-state index in [2.05, 4.69) is 95.2 Å². The van der Waals surface area contributed by atoms with Crippen LogP contribution in [0.5, 0.6) is 5.75 Å². The van der Waals surface area contributed by atoms with E-state index in [1.165, 1.54) is 27.8 Å². The fourth-order valence-electron chi connectivity index (χ4n) is 3.40. The Morgan fingerprint density at radius 2 is 1.44 bits per heavy atom. The first-order chi connectivity index (χ1) is 11.7. The zero-order chi connectivity index (χ0) is 18.4. The summed E-state index contributed by atoms with van der Waals surface area (Å²) in [5.41, 5.74) is 5.12. The third-order valence-corrected chi connectivity index (χ3v) is 7.69. The number of rotatable bonds is 3. The molecule has 0 aliphatic carbocycles. The number of benzene rings is 2. The number of ether oxygens (including phenoxy) is 1. The number of hydrogen-bond donors (Lipinski definition) is 0. The molecule has 134 valence electrons. The molecule has 0 spiro atoms. The highest BCUT2D eigenvalue weighted by molar-refractivity contribution is 7.67. The third kappa shape index (κ3) is 3.22. The normalized spacial score (nSPS) is 16.4. The first-order valence-electron chi connectivity index (χ1n) is 8.73. The molecule has 0 fully saturated rings. The van der Waals surface area contributed by atoms with Gasteiger partial charge in [-0.1, -0.05) is 39.0 Å². The number of anilines is 2. The highest BCUT2D eigenvalue weighted by Crippen LogP contribution is 2.56. The smallest absolute Gasteiger partial charge is 0.128 e. The molecule has 0 saturated carbocycles. The van der Waals surface area contributed by atoms with Crippen molar-refractivity contribution in [1.82, 2.24) is 0 Å². The summed E-state index contributed by atoms with van der Waals surface area (Å²) in [5, 5.41) is 1.64. The summed E-state index contributed by atoms with van der Waals surface area (Å²) >= 11 is 0. The molecule has 0 unspecified atom stereocenters. The first-order valence-corrected chi connectivity index (χ1v) is 10.3. The van der Waals surface area contributed by atoms with E-state index < -0.39 is 0 Å². The van der Waals surface area contributed by atoms with Crippen LogP contribution in [0.15, 0.2) is 36.4 Å². The lowest BCUT2D eigenvalue weighted by molar-refractivity contribution is 0.400. The molecule has 1 aliphatic heterocycles. The van der Waals surface area contributed by atoms with E-state index in [0.717, 1.165) is 12.1 Å². The van der Waals surface area contributed by atoms with E-state index in [-0.39, 0.29) is 13.1 Å². The van der Waals surface area contributed by atoms with Crippen molar-refractivity contribution in [2.45, 2.75) is 25.9 Å². The van der Waals surface area contributed by atoms with Crippen molar-refractivity contribution in [3.63, 3.8) is 0 Å². The maximum absolute atomic E-state index is 6.10. The van der Waals surface area contributed by atoms with Crippen LogP contribution >= 0.6 is 7.92 Å². The van der Waals surface area contributed by atoms with Crippen LogP contribution < -0.4 is 19.8 Å². The van der Waals surface area contributed by atoms with E-state index in [4.69, 9.17) is 4.74 Å². The van der Waals surface area contributed by atoms with E-state index in [1.807, 2.05) is 0 Å². The molecule has 1 heterocycles. The molecule has 0 amide bonds. The average molecular weight is 356 g/mol. The summed E-state index contributed by atoms with van der Waals surface area (Å²) < 4.78 is 6.10. The first kappa shape index (κ1) is 18.1. The maximum atomic E-state index is 6.10. The highest BCUT2D eigenvalue weighted by atomic mass is 31.1. The minimum Gasteiger partial charge on any atom is -0.488 e. The van der Waals surface area contributed by atoms with Gasteiger partial charge in [-0.2, -0.15) is 0 Å². The van der Waals surface area contributed by atoms with Crippen molar-refractivity contribution in [3.8, 4) is 16.9 Å². The van der Waals surface area contributed by atoms with Crippen LogP contribution in [-0.2, 0) is 0 Å². The second-order valence-corrected chi connectivity index (χ2v) is 10.9. The van der Waals surface area contributed by atoms with Crippen LogP contribution in [0.4, 0.5) is 11.4 Å². The van der Waals surface area contributed by atoms with Gasteiger partial charge in [-0.25, -0.2) is 0 Å². The van der Waals surface area contributed by atoms with Crippen molar-refractivity contribution in [3.05, 3.63) is 36.4 Å². The van der Waals surface area contributed by atoms with Crippen molar-refractivity contribution in [2.24, 2.45) is 0 Å². The van der Waals surface area contributed by atoms with Gasteiger partial charge in [-0.15, -0.1) is 0 Å². The Labute approximate surface area is 153 Å². The molecule has 25 heavy (non-hydrogen) atoms. The van der Waals surface area contributed by atoms with Crippen molar-refractivity contribution in [2.75, 3.05) is 44.3 Å². The molecule has 2 aromatic carbocycles. The summed E-state index contributed by atoms with van der Waals surface area (Å²) in [6, 6.07) is 13.1. The molecular weight excluding hydrogens is 327 g/mol. The molecule has 3 rings (SSSR count). The fourth-order valence-corrected chi connectivity index (χ4v) is 5.73. The minimum absolute atomic E-state index is 0.224. The predicted octanol–water partition coefficient (Wildman–Crippen LogP) is 4.74. The Kier molecular flexibility index (Phi) is 4.72. The lowest BCUT2D eigenvalue weighted by Crippen LogP contribution is -2.21. The van der Waals surface area contributed by atoms with E-state index >= 15 is 0 Å². The fraction of sp³-hybridized carbons (Fsp3) is 0.429.